The molecule has 0 aromatic heterocycles. The highest BCUT2D eigenvalue weighted by Gasteiger charge is 2.04. The van der Waals surface area contributed by atoms with Crippen LogP contribution in [0.15, 0.2) is 54.6 Å². The van der Waals surface area contributed by atoms with Gasteiger partial charge in [-0.3, -0.25) is 0 Å². The lowest BCUT2D eigenvalue weighted by Gasteiger charge is -2.11. The fourth-order valence-corrected chi connectivity index (χ4v) is 2.17. The van der Waals surface area contributed by atoms with Gasteiger partial charge in [0.25, 0.3) is 0 Å². The molecule has 0 saturated carbocycles. The first kappa shape index (κ1) is 16.6. The van der Waals surface area contributed by atoms with Crippen LogP contribution in [0.4, 0.5) is 0 Å². The van der Waals surface area contributed by atoms with E-state index in [0.717, 1.165) is 18.9 Å². The lowest BCUT2D eigenvalue weighted by Crippen LogP contribution is -2.18. The van der Waals surface area contributed by atoms with Crippen molar-refractivity contribution < 1.29 is 19.4 Å². The molecule has 2 aromatic rings. The molecular formula is C19H19O4-. The number of carboxylic acids is 1. The maximum absolute atomic E-state index is 10.4. The van der Waals surface area contributed by atoms with Crippen molar-refractivity contribution in [2.75, 3.05) is 13.7 Å². The van der Waals surface area contributed by atoms with Gasteiger partial charge in [-0.2, -0.15) is 0 Å². The minimum Gasteiger partial charge on any atom is -0.545 e. The Kier molecular flexibility index (Phi) is 6.24. The SMILES string of the molecule is COc1cc(/C=C/C(=O)[O-])ccc1OCCCc1ccccc1. The lowest BCUT2D eigenvalue weighted by atomic mass is 10.1. The Hall–Kier alpha value is -2.75. The molecule has 0 aliphatic heterocycles. The fraction of sp³-hybridized carbons (Fsp3) is 0.211. The Morgan fingerprint density at radius 2 is 1.91 bits per heavy atom. The van der Waals surface area contributed by atoms with Crippen molar-refractivity contribution in [1.29, 1.82) is 0 Å². The number of hydrogen-bond donors (Lipinski definition) is 0. The minimum atomic E-state index is -1.23. The normalized spacial score (nSPS) is 10.7. The number of aliphatic carboxylic acids is 1. The highest BCUT2D eigenvalue weighted by molar-refractivity contribution is 5.83. The Balaban J connectivity index is 1.90. The van der Waals surface area contributed by atoms with Gasteiger partial charge in [0.2, 0.25) is 0 Å². The van der Waals surface area contributed by atoms with Gasteiger partial charge in [-0.15, -0.1) is 0 Å². The first-order valence-electron chi connectivity index (χ1n) is 7.43. The zero-order valence-corrected chi connectivity index (χ0v) is 13.0. The van der Waals surface area contributed by atoms with Crippen molar-refractivity contribution in [2.24, 2.45) is 0 Å². The molecule has 0 bridgehead atoms. The van der Waals surface area contributed by atoms with Gasteiger partial charge in [-0.25, -0.2) is 0 Å². The Morgan fingerprint density at radius 3 is 2.61 bits per heavy atom. The number of carboxylic acid groups (broad SMARTS) is 1. The van der Waals surface area contributed by atoms with Crippen LogP contribution >= 0.6 is 0 Å². The van der Waals surface area contributed by atoms with E-state index < -0.39 is 5.97 Å². The van der Waals surface area contributed by atoms with E-state index in [1.54, 1.807) is 25.3 Å². The van der Waals surface area contributed by atoms with Crippen LogP contribution in [0.2, 0.25) is 0 Å². The molecule has 0 atom stereocenters. The number of carbonyl (C=O) groups excluding carboxylic acids is 1. The molecule has 0 radical (unpaired) electrons. The highest BCUT2D eigenvalue weighted by atomic mass is 16.5. The molecular weight excluding hydrogens is 292 g/mol. The molecule has 2 aromatic carbocycles. The fourth-order valence-electron chi connectivity index (χ4n) is 2.17. The molecule has 0 heterocycles. The second-order valence-corrected chi connectivity index (χ2v) is 5.00. The molecule has 0 aliphatic carbocycles. The van der Waals surface area contributed by atoms with Crippen LogP contribution in [0, 0.1) is 0 Å². The van der Waals surface area contributed by atoms with Crippen molar-refractivity contribution in [2.45, 2.75) is 12.8 Å². The summed E-state index contributed by atoms with van der Waals surface area (Å²) in [5, 5.41) is 10.4. The first-order valence-corrected chi connectivity index (χ1v) is 7.43. The number of rotatable bonds is 8. The van der Waals surface area contributed by atoms with Crippen LogP contribution in [0.25, 0.3) is 6.08 Å². The third kappa shape index (κ3) is 5.51. The number of hydrogen-bond acceptors (Lipinski definition) is 4. The molecule has 0 saturated heterocycles. The highest BCUT2D eigenvalue weighted by Crippen LogP contribution is 2.28. The molecule has 2 rings (SSSR count). The standard InChI is InChI=1S/C19H20O4/c1-22-18-14-16(10-12-19(20)21)9-11-17(18)23-13-5-8-15-6-3-2-4-7-15/h2-4,6-7,9-12,14H,5,8,13H2,1H3,(H,20,21)/p-1/b12-10+. The van der Waals surface area contributed by atoms with Crippen molar-refractivity contribution >= 4 is 12.0 Å². The monoisotopic (exact) mass is 311 g/mol. The van der Waals surface area contributed by atoms with Crippen LogP contribution in [0.5, 0.6) is 11.5 Å². The second kappa shape index (κ2) is 8.63. The van der Waals surface area contributed by atoms with Crippen LogP contribution in [-0.4, -0.2) is 19.7 Å². The van der Waals surface area contributed by atoms with Gasteiger partial charge in [-0.05, 0) is 42.2 Å². The van der Waals surface area contributed by atoms with Gasteiger partial charge >= 0.3 is 0 Å². The van der Waals surface area contributed by atoms with E-state index in [1.807, 2.05) is 18.2 Å². The number of aryl methyl sites for hydroxylation is 1. The molecule has 0 unspecified atom stereocenters. The predicted octanol–water partition coefficient (Wildman–Crippen LogP) is 2.47. The number of methoxy groups -OCH3 is 1. The predicted molar refractivity (Wildman–Crippen MR) is 87.3 cm³/mol. The molecule has 23 heavy (non-hydrogen) atoms. The largest absolute Gasteiger partial charge is 0.545 e. The van der Waals surface area contributed by atoms with E-state index in [9.17, 15) is 9.90 Å². The average molecular weight is 311 g/mol. The van der Waals surface area contributed by atoms with Gasteiger partial charge in [0.1, 0.15) is 0 Å². The van der Waals surface area contributed by atoms with Crippen molar-refractivity contribution in [3.05, 3.63) is 65.7 Å². The molecule has 0 aliphatic rings. The molecule has 4 nitrogen and oxygen atoms in total. The summed E-state index contributed by atoms with van der Waals surface area (Å²) in [6.45, 7) is 0.583. The minimum absolute atomic E-state index is 0.574. The van der Waals surface area contributed by atoms with Gasteiger partial charge < -0.3 is 19.4 Å². The quantitative estimate of drug-likeness (QED) is 0.555. The molecule has 0 N–H and O–H groups in total. The van der Waals surface area contributed by atoms with Crippen molar-refractivity contribution in [3.63, 3.8) is 0 Å². The van der Waals surface area contributed by atoms with Crippen molar-refractivity contribution in [3.8, 4) is 11.5 Å². The second-order valence-electron chi connectivity index (χ2n) is 5.00. The van der Waals surface area contributed by atoms with Gasteiger partial charge in [-0.1, -0.05) is 42.5 Å². The summed E-state index contributed by atoms with van der Waals surface area (Å²) in [6.07, 6.45) is 4.29. The van der Waals surface area contributed by atoms with Gasteiger partial charge in [0.15, 0.2) is 11.5 Å². The van der Waals surface area contributed by atoms with Crippen LogP contribution in [0.1, 0.15) is 17.5 Å². The Labute approximate surface area is 136 Å². The Bertz CT molecular complexity index is 662. The lowest BCUT2D eigenvalue weighted by molar-refractivity contribution is -0.297. The average Bonchev–Trinajstić information content (AvgIpc) is 2.58. The summed E-state index contributed by atoms with van der Waals surface area (Å²) in [5.74, 6) is -0.0124. The number of benzene rings is 2. The van der Waals surface area contributed by atoms with Gasteiger partial charge in [0, 0.05) is 0 Å². The summed E-state index contributed by atoms with van der Waals surface area (Å²) in [6, 6.07) is 15.5. The Morgan fingerprint density at radius 1 is 1.13 bits per heavy atom. The topological polar surface area (TPSA) is 58.6 Å². The molecule has 4 heteroatoms. The van der Waals surface area contributed by atoms with E-state index in [2.05, 4.69) is 12.1 Å². The van der Waals surface area contributed by atoms with Gasteiger partial charge in [0.05, 0.1) is 19.7 Å². The molecule has 0 fully saturated rings. The van der Waals surface area contributed by atoms with Crippen molar-refractivity contribution in [1.82, 2.24) is 0 Å². The van der Waals surface area contributed by atoms with E-state index in [4.69, 9.17) is 9.47 Å². The van der Waals surface area contributed by atoms with E-state index >= 15 is 0 Å². The van der Waals surface area contributed by atoms with E-state index in [1.165, 1.54) is 11.6 Å². The van der Waals surface area contributed by atoms with Crippen LogP contribution < -0.4 is 14.6 Å². The molecule has 0 spiro atoms. The molecule has 0 amide bonds. The zero-order valence-electron chi connectivity index (χ0n) is 13.0. The molecule has 120 valence electrons. The summed E-state index contributed by atoms with van der Waals surface area (Å²) in [5.41, 5.74) is 1.99. The zero-order chi connectivity index (χ0) is 16.5. The summed E-state index contributed by atoms with van der Waals surface area (Å²) in [4.78, 5) is 10.4. The first-order chi connectivity index (χ1) is 11.2. The smallest absolute Gasteiger partial charge is 0.161 e. The van der Waals surface area contributed by atoms with Crippen LogP contribution in [0.3, 0.4) is 0 Å². The summed E-state index contributed by atoms with van der Waals surface area (Å²) >= 11 is 0. The third-order valence-corrected chi connectivity index (χ3v) is 3.31. The summed E-state index contributed by atoms with van der Waals surface area (Å²) in [7, 11) is 1.55. The summed E-state index contributed by atoms with van der Waals surface area (Å²) < 4.78 is 11.0. The maximum Gasteiger partial charge on any atom is 0.161 e. The number of ether oxygens (including phenoxy) is 2. The van der Waals surface area contributed by atoms with E-state index in [0.29, 0.717) is 23.7 Å². The number of carbonyl (C=O) groups is 1. The third-order valence-electron chi connectivity index (χ3n) is 3.31. The van der Waals surface area contributed by atoms with Crippen LogP contribution in [-0.2, 0) is 11.2 Å². The van der Waals surface area contributed by atoms with E-state index in [-0.39, 0.29) is 0 Å². The maximum atomic E-state index is 10.4.